The molecule has 4 N–H and O–H groups in total. The van der Waals surface area contributed by atoms with Crippen LogP contribution in [0.5, 0.6) is 11.5 Å². The molecule has 0 fully saturated rings. The molecular formula is C24H21N3O3. The number of rotatable bonds is 6. The Morgan fingerprint density at radius 2 is 1.43 bits per heavy atom. The van der Waals surface area contributed by atoms with E-state index in [2.05, 4.69) is 15.5 Å². The highest BCUT2D eigenvalue weighted by molar-refractivity contribution is 5.94. The molecular weight excluding hydrogens is 378 g/mol. The number of nitrogens with zero attached hydrogens (tertiary/aromatic N) is 1. The van der Waals surface area contributed by atoms with Crippen LogP contribution < -0.4 is 5.32 Å². The molecule has 1 amide bonds. The Morgan fingerprint density at radius 3 is 2.10 bits per heavy atom. The third kappa shape index (κ3) is 4.50. The molecule has 4 aromatic rings. The van der Waals surface area contributed by atoms with Crippen LogP contribution >= 0.6 is 0 Å². The number of phenolic OH excluding ortho intramolecular Hbond substituents is 2. The molecule has 3 aromatic carbocycles. The average molecular weight is 399 g/mol. The fraction of sp³-hybridized carbons (Fsp3) is 0.0833. The number of aromatic hydroxyl groups is 2. The van der Waals surface area contributed by atoms with Gasteiger partial charge in [-0.2, -0.15) is 5.10 Å². The zero-order valence-corrected chi connectivity index (χ0v) is 16.2. The van der Waals surface area contributed by atoms with Gasteiger partial charge in [-0.25, -0.2) is 0 Å². The molecule has 0 radical (unpaired) electrons. The van der Waals surface area contributed by atoms with Crippen molar-refractivity contribution in [3.05, 3.63) is 90.0 Å². The summed E-state index contributed by atoms with van der Waals surface area (Å²) in [6.45, 7) is 0.516. The number of nitrogens with one attached hydrogen (secondary N) is 2. The number of benzene rings is 3. The van der Waals surface area contributed by atoms with Crippen molar-refractivity contribution in [2.75, 3.05) is 6.54 Å². The molecule has 0 aliphatic heterocycles. The number of aromatic nitrogens is 2. The van der Waals surface area contributed by atoms with Crippen LogP contribution in [-0.2, 0) is 6.42 Å². The van der Waals surface area contributed by atoms with Crippen LogP contribution in [0.3, 0.4) is 0 Å². The van der Waals surface area contributed by atoms with E-state index in [1.807, 2.05) is 30.3 Å². The first kappa shape index (κ1) is 19.3. The molecule has 0 bridgehead atoms. The summed E-state index contributed by atoms with van der Waals surface area (Å²) in [6.07, 6.45) is 0.693. The fourth-order valence-corrected chi connectivity index (χ4v) is 3.14. The summed E-state index contributed by atoms with van der Waals surface area (Å²) in [4.78, 5) is 12.4. The van der Waals surface area contributed by atoms with E-state index in [1.165, 1.54) is 0 Å². The van der Waals surface area contributed by atoms with E-state index in [0.717, 1.165) is 28.1 Å². The SMILES string of the molecule is O=C(NCCc1ccc(O)cc1)c1ccc(-c2cc(-c3ccc(O)cc3)n[nH]2)cc1. The van der Waals surface area contributed by atoms with Crippen molar-refractivity contribution in [1.82, 2.24) is 15.5 Å². The van der Waals surface area contributed by atoms with Crippen molar-refractivity contribution in [2.24, 2.45) is 0 Å². The Balaban J connectivity index is 1.37. The second kappa shape index (κ2) is 8.53. The molecule has 0 saturated heterocycles. The lowest BCUT2D eigenvalue weighted by Crippen LogP contribution is -2.25. The van der Waals surface area contributed by atoms with Crippen LogP contribution in [0.1, 0.15) is 15.9 Å². The molecule has 150 valence electrons. The van der Waals surface area contributed by atoms with Gasteiger partial charge >= 0.3 is 0 Å². The lowest BCUT2D eigenvalue weighted by Gasteiger charge is -2.06. The highest BCUT2D eigenvalue weighted by Gasteiger charge is 2.09. The van der Waals surface area contributed by atoms with Crippen LogP contribution in [0.15, 0.2) is 78.9 Å². The van der Waals surface area contributed by atoms with Crippen LogP contribution in [0, 0.1) is 0 Å². The minimum absolute atomic E-state index is 0.130. The quantitative estimate of drug-likeness (QED) is 0.392. The molecule has 6 nitrogen and oxygen atoms in total. The topological polar surface area (TPSA) is 98.2 Å². The van der Waals surface area contributed by atoms with E-state index >= 15 is 0 Å². The predicted octanol–water partition coefficient (Wildman–Crippen LogP) is 4.13. The minimum atomic E-state index is -0.130. The molecule has 0 aliphatic carbocycles. The van der Waals surface area contributed by atoms with E-state index in [4.69, 9.17) is 0 Å². The van der Waals surface area contributed by atoms with Gasteiger partial charge in [-0.15, -0.1) is 0 Å². The van der Waals surface area contributed by atoms with Gasteiger partial charge in [0.25, 0.3) is 5.91 Å². The highest BCUT2D eigenvalue weighted by atomic mass is 16.3. The number of carbonyl (C=O) groups excluding carboxylic acids is 1. The number of carbonyl (C=O) groups is 1. The van der Waals surface area contributed by atoms with Crippen molar-refractivity contribution >= 4 is 5.91 Å². The number of amides is 1. The van der Waals surface area contributed by atoms with Gasteiger partial charge in [0.05, 0.1) is 11.4 Å². The van der Waals surface area contributed by atoms with E-state index in [-0.39, 0.29) is 17.4 Å². The Labute approximate surface area is 173 Å². The Morgan fingerprint density at radius 1 is 0.833 bits per heavy atom. The molecule has 0 aliphatic rings. The first-order valence-electron chi connectivity index (χ1n) is 9.60. The summed E-state index contributed by atoms with van der Waals surface area (Å²) >= 11 is 0. The van der Waals surface area contributed by atoms with Crippen LogP contribution in [-0.4, -0.2) is 32.9 Å². The first-order valence-corrected chi connectivity index (χ1v) is 9.60. The zero-order chi connectivity index (χ0) is 20.9. The summed E-state index contributed by atoms with van der Waals surface area (Å²) in [7, 11) is 0. The molecule has 1 heterocycles. The van der Waals surface area contributed by atoms with E-state index in [1.54, 1.807) is 48.5 Å². The standard InChI is InChI=1S/C24H21N3O3/c28-20-9-1-16(2-10-20)13-14-25-24(30)19-5-3-17(4-6-19)22-15-23(27-26-22)18-7-11-21(29)12-8-18/h1-12,15,28-29H,13-14H2,(H,25,30)(H,26,27). The predicted molar refractivity (Wildman–Crippen MR) is 115 cm³/mol. The molecule has 0 unspecified atom stereocenters. The molecule has 1 aromatic heterocycles. The summed E-state index contributed by atoms with van der Waals surface area (Å²) in [5.41, 5.74) is 5.08. The van der Waals surface area contributed by atoms with Gasteiger partial charge < -0.3 is 15.5 Å². The van der Waals surface area contributed by atoms with Crippen molar-refractivity contribution < 1.29 is 15.0 Å². The lowest BCUT2D eigenvalue weighted by atomic mass is 10.1. The van der Waals surface area contributed by atoms with Crippen LogP contribution in [0.2, 0.25) is 0 Å². The van der Waals surface area contributed by atoms with Crippen LogP contribution in [0.4, 0.5) is 0 Å². The number of hydrogen-bond acceptors (Lipinski definition) is 4. The summed E-state index contributed by atoms with van der Waals surface area (Å²) in [5, 5.41) is 29.0. The van der Waals surface area contributed by atoms with Gasteiger partial charge in [0.1, 0.15) is 11.5 Å². The van der Waals surface area contributed by atoms with Gasteiger partial charge in [0.2, 0.25) is 0 Å². The number of H-pyrrole nitrogens is 1. The van der Waals surface area contributed by atoms with Crippen molar-refractivity contribution in [3.63, 3.8) is 0 Å². The van der Waals surface area contributed by atoms with Crippen molar-refractivity contribution in [1.29, 1.82) is 0 Å². The molecule has 4 rings (SSSR count). The monoisotopic (exact) mass is 399 g/mol. The van der Waals surface area contributed by atoms with Crippen molar-refractivity contribution in [3.8, 4) is 34.0 Å². The Bertz CT molecular complexity index is 1130. The average Bonchev–Trinajstić information content (AvgIpc) is 3.26. The van der Waals surface area contributed by atoms with Crippen molar-refractivity contribution in [2.45, 2.75) is 6.42 Å². The van der Waals surface area contributed by atoms with E-state index in [9.17, 15) is 15.0 Å². The Kier molecular flexibility index (Phi) is 5.48. The van der Waals surface area contributed by atoms with Gasteiger partial charge in [-0.3, -0.25) is 9.89 Å². The van der Waals surface area contributed by atoms with E-state index in [0.29, 0.717) is 18.5 Å². The molecule has 0 spiro atoms. The largest absolute Gasteiger partial charge is 0.508 e. The summed E-state index contributed by atoms with van der Waals surface area (Å²) in [5.74, 6) is 0.316. The smallest absolute Gasteiger partial charge is 0.251 e. The molecule has 0 saturated carbocycles. The minimum Gasteiger partial charge on any atom is -0.508 e. The fourth-order valence-electron chi connectivity index (χ4n) is 3.14. The van der Waals surface area contributed by atoms with Gasteiger partial charge in [0.15, 0.2) is 0 Å². The highest BCUT2D eigenvalue weighted by Crippen LogP contribution is 2.25. The second-order valence-corrected chi connectivity index (χ2v) is 6.96. The maximum atomic E-state index is 12.4. The summed E-state index contributed by atoms with van der Waals surface area (Å²) in [6, 6.07) is 23.1. The molecule has 30 heavy (non-hydrogen) atoms. The maximum absolute atomic E-state index is 12.4. The Hall–Kier alpha value is -4.06. The molecule has 0 atom stereocenters. The maximum Gasteiger partial charge on any atom is 0.251 e. The van der Waals surface area contributed by atoms with Gasteiger partial charge in [-0.1, -0.05) is 24.3 Å². The number of aromatic amines is 1. The normalized spacial score (nSPS) is 10.7. The number of hydrogen-bond donors (Lipinski definition) is 4. The third-order valence-electron chi connectivity index (χ3n) is 4.83. The number of phenols is 2. The molecule has 6 heteroatoms. The third-order valence-corrected chi connectivity index (χ3v) is 4.83. The zero-order valence-electron chi connectivity index (χ0n) is 16.2. The van der Waals surface area contributed by atoms with Gasteiger partial charge in [-0.05, 0) is 72.1 Å². The lowest BCUT2D eigenvalue weighted by molar-refractivity contribution is 0.0954. The van der Waals surface area contributed by atoms with E-state index < -0.39 is 0 Å². The van der Waals surface area contributed by atoms with Gasteiger partial charge in [0, 0.05) is 17.7 Å². The second-order valence-electron chi connectivity index (χ2n) is 6.96. The summed E-state index contributed by atoms with van der Waals surface area (Å²) < 4.78 is 0. The van der Waals surface area contributed by atoms with Crippen LogP contribution in [0.25, 0.3) is 22.5 Å². The first-order chi connectivity index (χ1) is 14.6.